The van der Waals surface area contributed by atoms with Crippen LogP contribution in [0.5, 0.6) is 0 Å². The molecule has 0 spiro atoms. The zero-order valence-electron chi connectivity index (χ0n) is 17.8. The van der Waals surface area contributed by atoms with Crippen molar-refractivity contribution in [2.75, 3.05) is 4.90 Å². The first kappa shape index (κ1) is 22.2. The topological polar surface area (TPSA) is 54.2 Å². The van der Waals surface area contributed by atoms with Crippen molar-refractivity contribution in [1.82, 2.24) is 15.5 Å². The lowest BCUT2D eigenvalue weighted by Gasteiger charge is -2.37. The third-order valence-corrected chi connectivity index (χ3v) is 6.05. The van der Waals surface area contributed by atoms with E-state index in [9.17, 15) is 8.78 Å². The van der Waals surface area contributed by atoms with Gasteiger partial charge in [-0.3, -0.25) is 4.90 Å². The van der Waals surface area contributed by atoms with Crippen LogP contribution in [0.4, 0.5) is 14.5 Å². The molecule has 0 saturated heterocycles. The second kappa shape index (κ2) is 8.96. The van der Waals surface area contributed by atoms with Crippen molar-refractivity contribution in [3.8, 4) is 11.4 Å². The van der Waals surface area contributed by atoms with E-state index in [0.717, 1.165) is 5.56 Å². The third kappa shape index (κ3) is 4.18. The van der Waals surface area contributed by atoms with Gasteiger partial charge < -0.3 is 9.84 Å². The summed E-state index contributed by atoms with van der Waals surface area (Å²) in [6, 6.07) is 18.8. The Hall–Kier alpha value is -3.62. The maximum absolute atomic E-state index is 13.6. The minimum Gasteiger partial charge on any atom is -0.351 e. The predicted molar refractivity (Wildman–Crippen MR) is 131 cm³/mol. The highest BCUT2D eigenvalue weighted by Crippen LogP contribution is 2.39. The molecular weight excluding hydrogens is 478 g/mol. The fourth-order valence-electron chi connectivity index (χ4n) is 3.90. The van der Waals surface area contributed by atoms with Gasteiger partial charge in [-0.25, -0.2) is 8.78 Å². The zero-order valence-corrected chi connectivity index (χ0v) is 19.4. The zero-order chi connectivity index (χ0) is 23.8. The maximum atomic E-state index is 13.6. The molecule has 5 nitrogen and oxygen atoms in total. The normalized spacial score (nSPS) is 16.1. The summed E-state index contributed by atoms with van der Waals surface area (Å²) in [5, 5.41) is 8.38. The van der Waals surface area contributed by atoms with Crippen LogP contribution in [0.15, 0.2) is 83.0 Å². The molecule has 2 heterocycles. The van der Waals surface area contributed by atoms with Gasteiger partial charge in [0.15, 0.2) is 5.11 Å². The Morgan fingerprint density at radius 3 is 2.35 bits per heavy atom. The first-order valence-electron chi connectivity index (χ1n) is 10.3. The van der Waals surface area contributed by atoms with Gasteiger partial charge >= 0.3 is 0 Å². The number of benzene rings is 3. The van der Waals surface area contributed by atoms with Gasteiger partial charge in [0.25, 0.3) is 5.89 Å². The highest BCUT2D eigenvalue weighted by molar-refractivity contribution is 7.80. The molecule has 170 valence electrons. The lowest BCUT2D eigenvalue weighted by Crippen LogP contribution is -2.46. The highest BCUT2D eigenvalue weighted by Gasteiger charge is 2.34. The smallest absolute Gasteiger partial charge is 0.258 e. The minimum absolute atomic E-state index is 0.268. The molecule has 1 aromatic heterocycles. The third-order valence-electron chi connectivity index (χ3n) is 5.51. The van der Waals surface area contributed by atoms with Crippen molar-refractivity contribution in [2.45, 2.75) is 13.0 Å². The van der Waals surface area contributed by atoms with Gasteiger partial charge in [0.05, 0.1) is 11.6 Å². The molecule has 9 heteroatoms. The molecule has 0 amide bonds. The molecule has 0 saturated carbocycles. The Kier molecular flexibility index (Phi) is 5.85. The van der Waals surface area contributed by atoms with E-state index >= 15 is 0 Å². The standard InChI is InChI=1S/C25H17ClF2N4OS/c1-14-21(24-30-23(31-33-24)16-3-2-4-17(26)13-16)22(15-5-7-18(27)8-6-15)29-25(34)32(14)20-11-9-19(28)10-12-20/h2-13,22H,1H3,(H,29,34). The summed E-state index contributed by atoms with van der Waals surface area (Å²) >= 11 is 11.8. The van der Waals surface area contributed by atoms with E-state index in [4.69, 9.17) is 28.3 Å². The van der Waals surface area contributed by atoms with Crippen molar-refractivity contribution in [3.05, 3.63) is 107 Å². The minimum atomic E-state index is -0.475. The van der Waals surface area contributed by atoms with E-state index in [1.54, 1.807) is 47.4 Å². The molecule has 1 atom stereocenters. The Morgan fingerprint density at radius 1 is 1.00 bits per heavy atom. The fraction of sp³-hybridized carbons (Fsp3) is 0.0800. The highest BCUT2D eigenvalue weighted by atomic mass is 35.5. The van der Waals surface area contributed by atoms with Gasteiger partial charge in [-0.2, -0.15) is 4.98 Å². The Bertz CT molecular complexity index is 1400. The Labute approximate surface area is 204 Å². The average molecular weight is 495 g/mol. The molecule has 1 unspecified atom stereocenters. The first-order chi connectivity index (χ1) is 16.4. The summed E-state index contributed by atoms with van der Waals surface area (Å²) in [5.41, 5.74) is 3.51. The second-order valence-electron chi connectivity index (χ2n) is 7.68. The number of allylic oxidation sites excluding steroid dienone is 1. The molecule has 3 aromatic carbocycles. The molecule has 1 aliphatic rings. The summed E-state index contributed by atoms with van der Waals surface area (Å²) in [6.45, 7) is 1.87. The van der Waals surface area contributed by atoms with Crippen LogP contribution < -0.4 is 10.2 Å². The van der Waals surface area contributed by atoms with E-state index in [2.05, 4.69) is 15.5 Å². The summed E-state index contributed by atoms with van der Waals surface area (Å²) < 4.78 is 32.8. The van der Waals surface area contributed by atoms with Crippen molar-refractivity contribution in [3.63, 3.8) is 0 Å². The Morgan fingerprint density at radius 2 is 1.68 bits per heavy atom. The molecule has 0 radical (unpaired) electrons. The number of aromatic nitrogens is 2. The van der Waals surface area contributed by atoms with Crippen molar-refractivity contribution >= 4 is 40.2 Å². The van der Waals surface area contributed by atoms with E-state index in [-0.39, 0.29) is 17.5 Å². The molecule has 34 heavy (non-hydrogen) atoms. The number of thiocarbonyl (C=S) groups is 1. The van der Waals surface area contributed by atoms with Crippen molar-refractivity contribution in [2.24, 2.45) is 0 Å². The lowest BCUT2D eigenvalue weighted by atomic mass is 9.94. The summed E-state index contributed by atoms with van der Waals surface area (Å²) in [4.78, 5) is 6.39. The van der Waals surface area contributed by atoms with Crippen LogP contribution in [0, 0.1) is 11.6 Å². The lowest BCUT2D eigenvalue weighted by molar-refractivity contribution is 0.404. The molecule has 5 rings (SSSR count). The van der Waals surface area contributed by atoms with Crippen LogP contribution in [0.1, 0.15) is 24.4 Å². The summed E-state index contributed by atoms with van der Waals surface area (Å²) in [5.74, 6) is -0.0619. The van der Waals surface area contributed by atoms with Crippen molar-refractivity contribution < 1.29 is 13.3 Å². The number of nitrogens with one attached hydrogen (secondary N) is 1. The quantitative estimate of drug-likeness (QED) is 0.325. The number of halogens is 3. The number of anilines is 1. The van der Waals surface area contributed by atoms with E-state index in [1.807, 2.05) is 13.0 Å². The van der Waals surface area contributed by atoms with Crippen LogP contribution in [-0.4, -0.2) is 15.3 Å². The van der Waals surface area contributed by atoms with E-state index in [0.29, 0.717) is 38.5 Å². The monoisotopic (exact) mass is 494 g/mol. The van der Waals surface area contributed by atoms with Gasteiger partial charge in [0.2, 0.25) is 5.82 Å². The molecule has 4 aromatic rings. The van der Waals surface area contributed by atoms with E-state index < -0.39 is 6.04 Å². The summed E-state index contributed by atoms with van der Waals surface area (Å²) in [6.07, 6.45) is 0. The average Bonchev–Trinajstić information content (AvgIpc) is 3.30. The predicted octanol–water partition coefficient (Wildman–Crippen LogP) is 6.54. The van der Waals surface area contributed by atoms with Crippen LogP contribution in [-0.2, 0) is 0 Å². The molecule has 0 bridgehead atoms. The number of rotatable bonds is 4. The molecule has 1 aliphatic heterocycles. The second-order valence-corrected chi connectivity index (χ2v) is 8.50. The first-order valence-corrected chi connectivity index (χ1v) is 11.1. The van der Waals surface area contributed by atoms with E-state index in [1.165, 1.54) is 24.3 Å². The van der Waals surface area contributed by atoms with Gasteiger partial charge in [-0.05, 0) is 73.2 Å². The summed E-state index contributed by atoms with van der Waals surface area (Å²) in [7, 11) is 0. The van der Waals surface area contributed by atoms with Crippen LogP contribution in [0.3, 0.4) is 0 Å². The number of hydrogen-bond acceptors (Lipinski definition) is 4. The van der Waals surface area contributed by atoms with Gasteiger partial charge in [-0.1, -0.05) is 41.0 Å². The van der Waals surface area contributed by atoms with Crippen LogP contribution in [0.25, 0.3) is 17.0 Å². The molecule has 0 fully saturated rings. The molecule has 0 aliphatic carbocycles. The Balaban J connectivity index is 1.65. The van der Waals surface area contributed by atoms with Gasteiger partial charge in [0.1, 0.15) is 11.6 Å². The SMILES string of the molecule is CC1=C(c2nc(-c3cccc(Cl)c3)no2)C(c2ccc(F)cc2)NC(=S)N1c1ccc(F)cc1. The number of hydrogen-bond donors (Lipinski definition) is 1. The molecule has 1 N–H and O–H groups in total. The van der Waals surface area contributed by atoms with Crippen LogP contribution >= 0.6 is 23.8 Å². The van der Waals surface area contributed by atoms with Crippen molar-refractivity contribution in [1.29, 1.82) is 0 Å². The van der Waals surface area contributed by atoms with Gasteiger partial charge in [-0.15, -0.1) is 0 Å². The maximum Gasteiger partial charge on any atom is 0.258 e. The van der Waals surface area contributed by atoms with Gasteiger partial charge in [0, 0.05) is 22.0 Å². The largest absolute Gasteiger partial charge is 0.351 e. The number of nitrogens with zero attached hydrogens (tertiary/aromatic N) is 3. The molecular formula is C25H17ClF2N4OS. The van der Waals surface area contributed by atoms with Crippen LogP contribution in [0.2, 0.25) is 5.02 Å². The fourth-order valence-corrected chi connectivity index (χ4v) is 4.45.